The highest BCUT2D eigenvalue weighted by atomic mass is 16.5. The second-order valence-electron chi connectivity index (χ2n) is 5.03. The van der Waals surface area contributed by atoms with Crippen LogP contribution in [-0.2, 0) is 6.54 Å². The van der Waals surface area contributed by atoms with E-state index in [1.807, 2.05) is 38.1 Å². The van der Waals surface area contributed by atoms with Crippen molar-refractivity contribution in [2.45, 2.75) is 33.4 Å². The van der Waals surface area contributed by atoms with Gasteiger partial charge >= 0.3 is 5.97 Å². The summed E-state index contributed by atoms with van der Waals surface area (Å²) in [5.74, 6) is 0.850. The zero-order valence-electron chi connectivity index (χ0n) is 12.3. The van der Waals surface area contributed by atoms with Crippen molar-refractivity contribution >= 4 is 11.7 Å². The zero-order valence-corrected chi connectivity index (χ0v) is 12.3. The molecule has 2 N–H and O–H groups in total. The van der Waals surface area contributed by atoms with Gasteiger partial charge in [0.25, 0.3) is 0 Å². The number of aromatic carboxylic acids is 1. The molecular weight excluding hydrogens is 270 g/mol. The van der Waals surface area contributed by atoms with Crippen LogP contribution in [0.4, 0.5) is 5.69 Å². The molecule has 1 aromatic carbocycles. The highest BCUT2D eigenvalue weighted by Crippen LogP contribution is 2.19. The second kappa shape index (κ2) is 6.35. The summed E-state index contributed by atoms with van der Waals surface area (Å²) < 4.78 is 11.0. The molecule has 2 aromatic rings. The van der Waals surface area contributed by atoms with E-state index in [0.717, 1.165) is 11.4 Å². The SMILES string of the molecule is Cc1oc(CNc2ccc(OC(C)C)cc2)cc1C(=O)O. The summed E-state index contributed by atoms with van der Waals surface area (Å²) in [6.07, 6.45) is 0.143. The molecule has 0 saturated carbocycles. The van der Waals surface area contributed by atoms with Gasteiger partial charge in [-0.25, -0.2) is 4.79 Å². The first-order chi connectivity index (χ1) is 9.95. The lowest BCUT2D eigenvalue weighted by Crippen LogP contribution is -2.05. The van der Waals surface area contributed by atoms with Gasteiger partial charge in [0.15, 0.2) is 0 Å². The van der Waals surface area contributed by atoms with Crippen LogP contribution in [0.25, 0.3) is 0 Å². The van der Waals surface area contributed by atoms with Crippen LogP contribution in [0.15, 0.2) is 34.7 Å². The molecule has 0 aliphatic carbocycles. The van der Waals surface area contributed by atoms with Crippen molar-refractivity contribution < 1.29 is 19.1 Å². The topological polar surface area (TPSA) is 71.7 Å². The first-order valence-corrected chi connectivity index (χ1v) is 6.79. The van der Waals surface area contributed by atoms with Crippen molar-refractivity contribution in [3.8, 4) is 5.75 Å². The Balaban J connectivity index is 1.96. The van der Waals surface area contributed by atoms with Crippen molar-refractivity contribution in [2.75, 3.05) is 5.32 Å². The van der Waals surface area contributed by atoms with Crippen molar-refractivity contribution in [1.82, 2.24) is 0 Å². The van der Waals surface area contributed by atoms with E-state index < -0.39 is 5.97 Å². The fourth-order valence-corrected chi connectivity index (χ4v) is 1.96. The summed E-state index contributed by atoms with van der Waals surface area (Å²) in [7, 11) is 0. The molecule has 0 aliphatic rings. The van der Waals surface area contributed by atoms with Crippen molar-refractivity contribution in [2.24, 2.45) is 0 Å². The number of ether oxygens (including phenoxy) is 1. The van der Waals surface area contributed by atoms with E-state index >= 15 is 0 Å². The Morgan fingerprint density at radius 3 is 2.52 bits per heavy atom. The number of carbonyl (C=O) groups is 1. The van der Waals surface area contributed by atoms with E-state index in [2.05, 4.69) is 5.32 Å². The second-order valence-corrected chi connectivity index (χ2v) is 5.03. The van der Waals surface area contributed by atoms with Gasteiger partial charge in [0.05, 0.1) is 12.6 Å². The lowest BCUT2D eigenvalue weighted by molar-refractivity contribution is 0.0695. The van der Waals surface area contributed by atoms with E-state index in [9.17, 15) is 4.79 Å². The minimum absolute atomic E-state index is 0.143. The number of nitrogens with one attached hydrogen (secondary N) is 1. The Labute approximate surface area is 123 Å². The Bertz CT molecular complexity index is 614. The maximum absolute atomic E-state index is 10.9. The summed E-state index contributed by atoms with van der Waals surface area (Å²) in [6.45, 7) is 6.03. The normalized spacial score (nSPS) is 10.7. The monoisotopic (exact) mass is 289 g/mol. The minimum atomic E-state index is -0.974. The number of hydrogen-bond donors (Lipinski definition) is 2. The first kappa shape index (κ1) is 15.0. The number of carboxylic acids is 1. The van der Waals surface area contributed by atoms with Gasteiger partial charge in [0.2, 0.25) is 0 Å². The quantitative estimate of drug-likeness (QED) is 0.848. The molecule has 0 unspecified atom stereocenters. The van der Waals surface area contributed by atoms with E-state index in [-0.39, 0.29) is 11.7 Å². The fourth-order valence-electron chi connectivity index (χ4n) is 1.96. The number of benzene rings is 1. The maximum Gasteiger partial charge on any atom is 0.339 e. The smallest absolute Gasteiger partial charge is 0.339 e. The molecule has 0 atom stereocenters. The third-order valence-corrected chi connectivity index (χ3v) is 2.89. The molecular formula is C16H19NO4. The fraction of sp³-hybridized carbons (Fsp3) is 0.312. The lowest BCUT2D eigenvalue weighted by Gasteiger charge is -2.10. The Hall–Kier alpha value is -2.43. The molecule has 0 amide bonds. The number of furan rings is 1. The predicted octanol–water partition coefficient (Wildman–Crippen LogP) is 3.69. The van der Waals surface area contributed by atoms with Crippen LogP contribution in [-0.4, -0.2) is 17.2 Å². The molecule has 21 heavy (non-hydrogen) atoms. The van der Waals surface area contributed by atoms with Gasteiger partial charge in [-0.05, 0) is 51.1 Å². The van der Waals surface area contributed by atoms with Crippen LogP contribution in [0.1, 0.15) is 35.7 Å². The third kappa shape index (κ3) is 4.02. The Morgan fingerprint density at radius 2 is 2.00 bits per heavy atom. The molecule has 0 fully saturated rings. The number of carboxylic acid groups (broad SMARTS) is 1. The summed E-state index contributed by atoms with van der Waals surface area (Å²) >= 11 is 0. The van der Waals surface area contributed by atoms with E-state index in [4.69, 9.17) is 14.3 Å². The summed E-state index contributed by atoms with van der Waals surface area (Å²) in [5, 5.41) is 12.2. The van der Waals surface area contributed by atoms with E-state index in [1.54, 1.807) is 13.0 Å². The van der Waals surface area contributed by atoms with Crippen LogP contribution in [0.2, 0.25) is 0 Å². The average Bonchev–Trinajstić information content (AvgIpc) is 2.79. The molecule has 5 heteroatoms. The van der Waals surface area contributed by atoms with Gasteiger partial charge < -0.3 is 19.6 Å². The van der Waals surface area contributed by atoms with Crippen LogP contribution in [0.5, 0.6) is 5.75 Å². The van der Waals surface area contributed by atoms with Crippen LogP contribution in [0, 0.1) is 6.92 Å². The first-order valence-electron chi connectivity index (χ1n) is 6.79. The minimum Gasteiger partial charge on any atom is -0.491 e. The highest BCUT2D eigenvalue weighted by Gasteiger charge is 2.13. The molecule has 0 bridgehead atoms. The molecule has 5 nitrogen and oxygen atoms in total. The molecule has 112 valence electrons. The lowest BCUT2D eigenvalue weighted by atomic mass is 10.2. The van der Waals surface area contributed by atoms with Gasteiger partial charge in [-0.1, -0.05) is 0 Å². The molecule has 1 heterocycles. The van der Waals surface area contributed by atoms with Gasteiger partial charge in [-0.3, -0.25) is 0 Å². The average molecular weight is 289 g/mol. The van der Waals surface area contributed by atoms with Crippen molar-refractivity contribution in [3.05, 3.63) is 47.4 Å². The molecule has 2 rings (SSSR count). The third-order valence-electron chi connectivity index (χ3n) is 2.89. The van der Waals surface area contributed by atoms with Crippen molar-refractivity contribution in [1.29, 1.82) is 0 Å². The molecule has 0 radical (unpaired) electrons. The predicted molar refractivity (Wildman–Crippen MR) is 79.9 cm³/mol. The molecule has 0 spiro atoms. The van der Waals surface area contributed by atoms with Gasteiger partial charge in [0.1, 0.15) is 22.8 Å². The van der Waals surface area contributed by atoms with E-state index in [1.165, 1.54) is 0 Å². The van der Waals surface area contributed by atoms with E-state index in [0.29, 0.717) is 18.1 Å². The van der Waals surface area contributed by atoms with Gasteiger partial charge in [0, 0.05) is 5.69 Å². The van der Waals surface area contributed by atoms with Crippen molar-refractivity contribution in [3.63, 3.8) is 0 Å². The number of aryl methyl sites for hydroxylation is 1. The van der Waals surface area contributed by atoms with Crippen LogP contribution in [0.3, 0.4) is 0 Å². The molecule has 0 aliphatic heterocycles. The summed E-state index contributed by atoms with van der Waals surface area (Å²) in [6, 6.07) is 9.13. The number of anilines is 1. The largest absolute Gasteiger partial charge is 0.491 e. The maximum atomic E-state index is 10.9. The number of rotatable bonds is 6. The van der Waals surface area contributed by atoms with Gasteiger partial charge in [-0.2, -0.15) is 0 Å². The number of hydrogen-bond acceptors (Lipinski definition) is 4. The zero-order chi connectivity index (χ0) is 15.4. The summed E-state index contributed by atoms with van der Waals surface area (Å²) in [5.41, 5.74) is 1.12. The Morgan fingerprint density at radius 1 is 1.33 bits per heavy atom. The standard InChI is InChI=1S/C16H19NO4/c1-10(2)20-13-6-4-12(5-7-13)17-9-14-8-15(16(18)19)11(3)21-14/h4-8,10,17H,9H2,1-3H3,(H,18,19). The molecule has 1 aromatic heterocycles. The highest BCUT2D eigenvalue weighted by molar-refractivity contribution is 5.88. The molecule has 0 saturated heterocycles. The van der Waals surface area contributed by atoms with Crippen LogP contribution < -0.4 is 10.1 Å². The van der Waals surface area contributed by atoms with Gasteiger partial charge in [-0.15, -0.1) is 0 Å². The van der Waals surface area contributed by atoms with Crippen LogP contribution >= 0.6 is 0 Å². The summed E-state index contributed by atoms with van der Waals surface area (Å²) in [4.78, 5) is 10.9. The Kier molecular flexibility index (Phi) is 4.52.